The van der Waals surface area contributed by atoms with Crippen molar-refractivity contribution in [3.05, 3.63) is 0 Å². The van der Waals surface area contributed by atoms with Gasteiger partial charge in [-0.3, -0.25) is 43.2 Å². The molecule has 0 unspecified atom stereocenters. The second kappa shape index (κ2) is 23.0. The molecule has 0 fully saturated rings. The maximum atomic E-state index is 12.3. The molecule has 0 spiro atoms. The molecule has 0 saturated heterocycles. The summed E-state index contributed by atoms with van der Waals surface area (Å²) in [5.41, 5.74) is 5.07. The number of nitrogens with two attached hydrogens (primary N) is 1. The maximum Gasteiger partial charge on any atom is 0.326 e. The zero-order chi connectivity index (χ0) is 36.8. The minimum atomic E-state index is -1.64. The summed E-state index contributed by atoms with van der Waals surface area (Å²) in [6.07, 6.45) is -0.994. The molecule has 24 heteroatoms. The van der Waals surface area contributed by atoms with E-state index in [1.54, 1.807) is 0 Å². The topological polar surface area (TPSA) is 394 Å². The summed E-state index contributed by atoms with van der Waals surface area (Å²) in [7, 11) is 0. The fourth-order valence-corrected chi connectivity index (χ4v) is 3.21. The van der Waals surface area contributed by atoms with E-state index in [9.17, 15) is 63.3 Å². The molecule has 15 N–H and O–H groups in total. The van der Waals surface area contributed by atoms with E-state index in [4.69, 9.17) is 15.9 Å². The van der Waals surface area contributed by atoms with Gasteiger partial charge in [-0.15, -0.1) is 0 Å². The molecule has 24 nitrogen and oxygen atoms in total. The van der Waals surface area contributed by atoms with Crippen LogP contribution in [0.4, 0.5) is 0 Å². The normalized spacial score (nSPS) is 12.8. The van der Waals surface area contributed by atoms with Gasteiger partial charge < -0.3 is 73.8 Å². The standard InChI is InChI=1S/C24H39N9O15/c25-3-15(37)26-4-16(38)31-12(8-34)21(44)28-6-18(40)33-14(10-36)23(46)29-7-19(41)32-13(9-35)22(45)27-5-17(39)30-11(24(47)48)1-2-20(42)43/h11-14,34-36H,1-10,25H2,(H,26,37)(H,27,45)(H,28,44)(H,29,46)(H,30,39)(H,31,38)(H,32,41)(H,33,40)(H,42,43)(H,47,48)/t11-,12-,13-,14-/m0/s1. The first-order valence-corrected chi connectivity index (χ1v) is 13.8. The predicted octanol–water partition coefficient (Wildman–Crippen LogP) is -9.72. The number of carboxylic acids is 2. The number of amides is 8. The zero-order valence-corrected chi connectivity index (χ0v) is 25.3. The smallest absolute Gasteiger partial charge is 0.326 e. The van der Waals surface area contributed by atoms with Gasteiger partial charge in [0.15, 0.2) is 0 Å². The summed E-state index contributed by atoms with van der Waals surface area (Å²) in [5.74, 6) is -10.6. The van der Waals surface area contributed by atoms with Gasteiger partial charge in [0.1, 0.15) is 24.2 Å². The first-order valence-electron chi connectivity index (χ1n) is 13.8. The van der Waals surface area contributed by atoms with Crippen LogP contribution in [0.1, 0.15) is 12.8 Å². The number of hydrogen-bond donors (Lipinski definition) is 14. The van der Waals surface area contributed by atoms with Crippen LogP contribution in [0.3, 0.4) is 0 Å². The highest BCUT2D eigenvalue weighted by atomic mass is 16.4. The van der Waals surface area contributed by atoms with Crippen LogP contribution in [0.15, 0.2) is 0 Å². The molecule has 0 heterocycles. The average molecular weight is 694 g/mol. The summed E-state index contributed by atoms with van der Waals surface area (Å²) < 4.78 is 0. The summed E-state index contributed by atoms with van der Waals surface area (Å²) in [4.78, 5) is 118. The number of aliphatic hydroxyl groups is 3. The van der Waals surface area contributed by atoms with E-state index in [1.165, 1.54) is 0 Å². The molecule has 270 valence electrons. The predicted molar refractivity (Wildman–Crippen MR) is 155 cm³/mol. The van der Waals surface area contributed by atoms with Crippen molar-refractivity contribution in [2.75, 3.05) is 52.5 Å². The van der Waals surface area contributed by atoms with Crippen LogP contribution in [-0.2, 0) is 47.9 Å². The number of carboxylic acid groups (broad SMARTS) is 2. The highest BCUT2D eigenvalue weighted by molar-refractivity contribution is 5.95. The summed E-state index contributed by atoms with van der Waals surface area (Å²) in [6, 6.07) is -6.35. The van der Waals surface area contributed by atoms with Gasteiger partial charge in [0.25, 0.3) is 0 Å². The van der Waals surface area contributed by atoms with Crippen molar-refractivity contribution < 1.29 is 73.5 Å². The molecular formula is C24H39N9O15. The number of nitrogens with one attached hydrogen (secondary N) is 8. The Morgan fingerprint density at radius 2 is 0.792 bits per heavy atom. The minimum absolute atomic E-state index is 0.389. The van der Waals surface area contributed by atoms with Gasteiger partial charge in [0.05, 0.1) is 52.5 Å². The quantitative estimate of drug-likeness (QED) is 0.0472. The van der Waals surface area contributed by atoms with Gasteiger partial charge in [-0.05, 0) is 6.42 Å². The van der Waals surface area contributed by atoms with Crippen molar-refractivity contribution >= 4 is 59.2 Å². The second-order valence-corrected chi connectivity index (χ2v) is 9.43. The highest BCUT2D eigenvalue weighted by Crippen LogP contribution is 1.98. The molecule has 0 bridgehead atoms. The molecule has 0 aromatic rings. The highest BCUT2D eigenvalue weighted by Gasteiger charge is 2.26. The molecule has 0 rings (SSSR count). The average Bonchev–Trinajstić information content (AvgIpc) is 3.05. The number of carbonyl (C=O) groups excluding carboxylic acids is 8. The zero-order valence-electron chi connectivity index (χ0n) is 25.3. The van der Waals surface area contributed by atoms with Gasteiger partial charge >= 0.3 is 11.9 Å². The van der Waals surface area contributed by atoms with Gasteiger partial charge in [-0.1, -0.05) is 0 Å². The Hall–Kier alpha value is -5.46. The Bertz CT molecular complexity index is 1200. The largest absolute Gasteiger partial charge is 0.481 e. The second-order valence-electron chi connectivity index (χ2n) is 9.43. The monoisotopic (exact) mass is 693 g/mol. The Labute approximate surface area is 270 Å². The first-order chi connectivity index (χ1) is 22.6. The Balaban J connectivity index is 4.75. The van der Waals surface area contributed by atoms with Crippen LogP contribution in [0, 0.1) is 0 Å². The lowest BCUT2D eigenvalue weighted by Crippen LogP contribution is -2.56. The summed E-state index contributed by atoms with van der Waals surface area (Å²) in [6.45, 7) is -6.20. The molecule has 0 aliphatic heterocycles. The summed E-state index contributed by atoms with van der Waals surface area (Å²) >= 11 is 0. The van der Waals surface area contributed by atoms with E-state index >= 15 is 0 Å². The van der Waals surface area contributed by atoms with Gasteiger partial charge in [0.2, 0.25) is 47.3 Å². The molecule has 0 radical (unpaired) electrons. The van der Waals surface area contributed by atoms with Crippen molar-refractivity contribution in [2.24, 2.45) is 5.73 Å². The number of hydrogen-bond acceptors (Lipinski definition) is 14. The third-order valence-electron chi connectivity index (χ3n) is 5.68. The van der Waals surface area contributed by atoms with Gasteiger partial charge in [-0.25, -0.2) is 4.79 Å². The van der Waals surface area contributed by atoms with Crippen LogP contribution < -0.4 is 48.3 Å². The van der Waals surface area contributed by atoms with Crippen LogP contribution >= 0.6 is 0 Å². The number of aliphatic carboxylic acids is 2. The molecular weight excluding hydrogens is 654 g/mol. The Morgan fingerprint density at radius 1 is 0.479 bits per heavy atom. The third kappa shape index (κ3) is 17.9. The van der Waals surface area contributed by atoms with E-state index < -0.39 is 142 Å². The van der Waals surface area contributed by atoms with Crippen molar-refractivity contribution in [1.29, 1.82) is 0 Å². The fraction of sp³-hybridized carbons (Fsp3) is 0.583. The number of rotatable bonds is 23. The first kappa shape index (κ1) is 42.5. The lowest BCUT2D eigenvalue weighted by atomic mass is 10.1. The Kier molecular flexibility index (Phi) is 20.3. The van der Waals surface area contributed by atoms with Gasteiger partial charge in [-0.2, -0.15) is 0 Å². The van der Waals surface area contributed by atoms with Crippen LogP contribution in [-0.4, -0.2) is 161 Å². The van der Waals surface area contributed by atoms with Crippen LogP contribution in [0.5, 0.6) is 0 Å². The van der Waals surface area contributed by atoms with E-state index in [2.05, 4.69) is 16.0 Å². The van der Waals surface area contributed by atoms with Crippen molar-refractivity contribution in [2.45, 2.75) is 37.0 Å². The summed E-state index contributed by atoms with van der Waals surface area (Å²) in [5, 5.41) is 62.4. The molecule has 0 aliphatic rings. The molecule has 0 aromatic heterocycles. The fourth-order valence-electron chi connectivity index (χ4n) is 3.21. The third-order valence-corrected chi connectivity index (χ3v) is 5.68. The van der Waals surface area contributed by atoms with Crippen molar-refractivity contribution in [1.82, 2.24) is 42.5 Å². The molecule has 4 atom stereocenters. The molecule has 8 amide bonds. The van der Waals surface area contributed by atoms with E-state index in [0.717, 1.165) is 0 Å². The number of aliphatic hydroxyl groups excluding tert-OH is 3. The molecule has 48 heavy (non-hydrogen) atoms. The van der Waals surface area contributed by atoms with Crippen molar-refractivity contribution in [3.8, 4) is 0 Å². The lowest BCUT2D eigenvalue weighted by Gasteiger charge is -2.19. The lowest BCUT2D eigenvalue weighted by molar-refractivity contribution is -0.143. The molecule has 0 aromatic carbocycles. The van der Waals surface area contributed by atoms with E-state index in [0.29, 0.717) is 0 Å². The maximum absolute atomic E-state index is 12.3. The minimum Gasteiger partial charge on any atom is -0.481 e. The van der Waals surface area contributed by atoms with Gasteiger partial charge in [0, 0.05) is 6.42 Å². The SMILES string of the molecule is NCC(=O)NCC(=O)N[C@@H](CO)C(=O)NCC(=O)N[C@@H](CO)C(=O)NCC(=O)N[C@@H](CO)C(=O)NCC(=O)N[C@@H](CCC(=O)O)C(=O)O. The van der Waals surface area contributed by atoms with E-state index in [-0.39, 0.29) is 6.54 Å². The number of carbonyl (C=O) groups is 10. The van der Waals surface area contributed by atoms with Crippen molar-refractivity contribution in [3.63, 3.8) is 0 Å². The molecule has 0 saturated carbocycles. The Morgan fingerprint density at radius 3 is 1.06 bits per heavy atom. The molecule has 0 aliphatic carbocycles. The van der Waals surface area contributed by atoms with Crippen LogP contribution in [0.25, 0.3) is 0 Å². The van der Waals surface area contributed by atoms with Crippen LogP contribution in [0.2, 0.25) is 0 Å². The van der Waals surface area contributed by atoms with E-state index in [1.807, 2.05) is 26.6 Å².